The topological polar surface area (TPSA) is 75.4 Å². The van der Waals surface area contributed by atoms with E-state index in [-0.39, 0.29) is 29.9 Å². The molecular formula is C11H14BrClN2O3. The normalized spacial score (nSPS) is 19.1. The number of phenols is 1. The zero-order valence-corrected chi connectivity index (χ0v) is 12.0. The van der Waals surface area contributed by atoms with E-state index in [1.807, 2.05) is 0 Å². The number of hydrogen-bond donors (Lipinski definition) is 2. The average molecular weight is 338 g/mol. The van der Waals surface area contributed by atoms with Crippen molar-refractivity contribution >= 4 is 34.0 Å². The molecule has 1 aliphatic rings. The highest BCUT2D eigenvalue weighted by Gasteiger charge is 2.24. The molecular weight excluding hydrogens is 323 g/mol. The lowest BCUT2D eigenvalue weighted by atomic mass is 9.96. The number of nitro benzene ring substituents is 1. The molecule has 0 radical (unpaired) electrons. The second-order valence-electron chi connectivity index (χ2n) is 4.12. The van der Waals surface area contributed by atoms with Gasteiger partial charge < -0.3 is 10.4 Å². The van der Waals surface area contributed by atoms with Crippen LogP contribution in [0.25, 0.3) is 0 Å². The summed E-state index contributed by atoms with van der Waals surface area (Å²) in [6.45, 7) is 0.879. The Kier molecular flexibility index (Phi) is 5.37. The Morgan fingerprint density at radius 1 is 1.44 bits per heavy atom. The van der Waals surface area contributed by atoms with Crippen molar-refractivity contribution in [1.82, 2.24) is 5.32 Å². The highest BCUT2D eigenvalue weighted by Crippen LogP contribution is 2.38. The summed E-state index contributed by atoms with van der Waals surface area (Å²) in [6.07, 6.45) is 3.06. The van der Waals surface area contributed by atoms with Gasteiger partial charge in [-0.3, -0.25) is 10.1 Å². The molecule has 1 heterocycles. The Morgan fingerprint density at radius 2 is 2.17 bits per heavy atom. The minimum atomic E-state index is -0.563. The number of halogens is 2. The largest absolute Gasteiger partial charge is 0.502 e. The lowest BCUT2D eigenvalue weighted by molar-refractivity contribution is -0.386. The van der Waals surface area contributed by atoms with Crippen molar-refractivity contribution in [2.45, 2.75) is 25.3 Å². The standard InChI is InChI=1S/C11H13BrN2O3.ClH/c12-7-5-8(9-3-1-2-4-13-9)11(15)10(6-7)14(16)17;/h5-6,9,13,15H,1-4H2;1H/t9-;/m0./s1. The number of nitro groups is 1. The molecule has 1 fully saturated rings. The van der Waals surface area contributed by atoms with Crippen LogP contribution >= 0.6 is 28.3 Å². The van der Waals surface area contributed by atoms with Crippen LogP contribution in [0.2, 0.25) is 0 Å². The fourth-order valence-electron chi connectivity index (χ4n) is 2.13. The van der Waals surface area contributed by atoms with Crippen molar-refractivity contribution in [2.24, 2.45) is 0 Å². The first-order valence-electron chi connectivity index (χ1n) is 5.50. The van der Waals surface area contributed by atoms with E-state index in [2.05, 4.69) is 21.2 Å². The van der Waals surface area contributed by atoms with Gasteiger partial charge in [-0.2, -0.15) is 0 Å². The monoisotopic (exact) mass is 336 g/mol. The maximum absolute atomic E-state index is 10.8. The zero-order chi connectivity index (χ0) is 12.4. The van der Waals surface area contributed by atoms with Crippen LogP contribution < -0.4 is 5.32 Å². The van der Waals surface area contributed by atoms with Crippen LogP contribution in [-0.2, 0) is 0 Å². The number of rotatable bonds is 2. The predicted molar refractivity (Wildman–Crippen MR) is 74.3 cm³/mol. The van der Waals surface area contributed by atoms with E-state index < -0.39 is 4.92 Å². The van der Waals surface area contributed by atoms with Crippen LogP contribution in [0.1, 0.15) is 30.9 Å². The maximum Gasteiger partial charge on any atom is 0.312 e. The fourth-order valence-corrected chi connectivity index (χ4v) is 2.59. The third-order valence-corrected chi connectivity index (χ3v) is 3.42. The van der Waals surface area contributed by atoms with Crippen molar-refractivity contribution in [2.75, 3.05) is 6.54 Å². The third kappa shape index (κ3) is 3.13. The van der Waals surface area contributed by atoms with E-state index in [1.54, 1.807) is 6.07 Å². The number of nitrogens with zero attached hydrogens (tertiary/aromatic N) is 1. The van der Waals surface area contributed by atoms with Gasteiger partial charge in [-0.05, 0) is 25.5 Å². The first-order chi connectivity index (χ1) is 8.09. The third-order valence-electron chi connectivity index (χ3n) is 2.97. The van der Waals surface area contributed by atoms with E-state index in [1.165, 1.54) is 6.07 Å². The molecule has 0 aromatic heterocycles. The number of hydrogen-bond acceptors (Lipinski definition) is 4. The van der Waals surface area contributed by atoms with Crippen LogP contribution in [0.5, 0.6) is 5.75 Å². The molecule has 5 nitrogen and oxygen atoms in total. The average Bonchev–Trinajstić information content (AvgIpc) is 2.32. The summed E-state index contributed by atoms with van der Waals surface area (Å²) in [7, 11) is 0. The van der Waals surface area contributed by atoms with Crippen molar-refractivity contribution in [3.63, 3.8) is 0 Å². The fraction of sp³-hybridized carbons (Fsp3) is 0.455. The van der Waals surface area contributed by atoms with E-state index in [0.717, 1.165) is 25.8 Å². The van der Waals surface area contributed by atoms with E-state index in [0.29, 0.717) is 10.0 Å². The first kappa shape index (κ1) is 15.2. The van der Waals surface area contributed by atoms with Crippen molar-refractivity contribution in [1.29, 1.82) is 0 Å². The quantitative estimate of drug-likeness (QED) is 0.641. The van der Waals surface area contributed by atoms with Gasteiger partial charge in [0, 0.05) is 22.1 Å². The van der Waals surface area contributed by atoms with Gasteiger partial charge in [0.25, 0.3) is 0 Å². The number of benzene rings is 1. The molecule has 7 heteroatoms. The van der Waals surface area contributed by atoms with Gasteiger partial charge in [0.05, 0.1) is 4.92 Å². The summed E-state index contributed by atoms with van der Waals surface area (Å²) < 4.78 is 0.615. The molecule has 0 spiro atoms. The van der Waals surface area contributed by atoms with Gasteiger partial charge in [0.1, 0.15) is 0 Å². The summed E-state index contributed by atoms with van der Waals surface area (Å²) in [4.78, 5) is 10.3. The van der Waals surface area contributed by atoms with Crippen LogP contribution in [0, 0.1) is 10.1 Å². The Labute approximate surface area is 119 Å². The van der Waals surface area contributed by atoms with Gasteiger partial charge in [0.2, 0.25) is 0 Å². The molecule has 0 aliphatic carbocycles. The van der Waals surface area contributed by atoms with Gasteiger partial charge in [0.15, 0.2) is 5.75 Å². The number of piperidine rings is 1. The number of aromatic hydroxyl groups is 1. The van der Waals surface area contributed by atoms with Crippen molar-refractivity contribution in [3.05, 3.63) is 32.3 Å². The summed E-state index contributed by atoms with van der Waals surface area (Å²) in [5.41, 5.74) is 0.354. The van der Waals surface area contributed by atoms with Crippen molar-refractivity contribution < 1.29 is 10.0 Å². The molecule has 18 heavy (non-hydrogen) atoms. The molecule has 1 saturated heterocycles. The smallest absolute Gasteiger partial charge is 0.312 e. The summed E-state index contributed by atoms with van der Waals surface area (Å²) in [6, 6.07) is 3.06. The highest BCUT2D eigenvalue weighted by molar-refractivity contribution is 9.10. The molecule has 1 atom stereocenters. The molecule has 0 bridgehead atoms. The highest BCUT2D eigenvalue weighted by atomic mass is 79.9. The lowest BCUT2D eigenvalue weighted by Gasteiger charge is -2.24. The number of phenolic OH excluding ortho intramolecular Hbond substituents is 1. The van der Waals surface area contributed by atoms with Gasteiger partial charge in [-0.25, -0.2) is 0 Å². The molecule has 1 aromatic rings. The molecule has 1 aromatic carbocycles. The predicted octanol–water partition coefficient (Wildman–Crippen LogP) is 3.30. The molecule has 0 saturated carbocycles. The Balaban J connectivity index is 0.00000162. The van der Waals surface area contributed by atoms with Crippen LogP contribution in [-0.4, -0.2) is 16.6 Å². The molecule has 1 aliphatic heterocycles. The second-order valence-corrected chi connectivity index (χ2v) is 5.04. The minimum absolute atomic E-state index is 0. The van der Waals surface area contributed by atoms with Crippen LogP contribution in [0.15, 0.2) is 16.6 Å². The van der Waals surface area contributed by atoms with E-state index in [9.17, 15) is 15.2 Å². The van der Waals surface area contributed by atoms with E-state index in [4.69, 9.17) is 0 Å². The van der Waals surface area contributed by atoms with Gasteiger partial charge in [-0.1, -0.05) is 22.4 Å². The SMILES string of the molecule is Cl.O=[N+]([O-])c1cc(Br)cc([C@@H]2CCCCN2)c1O. The number of nitrogens with one attached hydrogen (secondary N) is 1. The Bertz CT molecular complexity index is 450. The Morgan fingerprint density at radius 3 is 2.72 bits per heavy atom. The minimum Gasteiger partial charge on any atom is -0.502 e. The lowest BCUT2D eigenvalue weighted by Crippen LogP contribution is -2.26. The van der Waals surface area contributed by atoms with Crippen LogP contribution in [0.4, 0.5) is 5.69 Å². The Hall–Kier alpha value is -0.850. The molecule has 2 N–H and O–H groups in total. The van der Waals surface area contributed by atoms with Gasteiger partial charge >= 0.3 is 5.69 Å². The summed E-state index contributed by atoms with van der Waals surface area (Å²) >= 11 is 3.24. The molecule has 0 unspecified atom stereocenters. The molecule has 0 amide bonds. The zero-order valence-electron chi connectivity index (χ0n) is 9.56. The molecule has 2 rings (SSSR count). The summed E-state index contributed by atoms with van der Waals surface area (Å²) in [5.74, 6) is -0.224. The van der Waals surface area contributed by atoms with Gasteiger partial charge in [-0.15, -0.1) is 12.4 Å². The second kappa shape index (κ2) is 6.36. The van der Waals surface area contributed by atoms with E-state index >= 15 is 0 Å². The maximum atomic E-state index is 10.8. The molecule has 100 valence electrons. The van der Waals surface area contributed by atoms with Crippen molar-refractivity contribution in [3.8, 4) is 5.75 Å². The first-order valence-corrected chi connectivity index (χ1v) is 6.29. The van der Waals surface area contributed by atoms with Crippen LogP contribution in [0.3, 0.4) is 0 Å². The summed E-state index contributed by atoms with van der Waals surface area (Å²) in [5, 5.41) is 24.0.